The van der Waals surface area contributed by atoms with Crippen molar-refractivity contribution in [2.24, 2.45) is 5.92 Å². The number of alkyl carbamates (subject to hydrolysis) is 2. The fourth-order valence-corrected chi connectivity index (χ4v) is 6.26. The van der Waals surface area contributed by atoms with Crippen LogP contribution in [0.25, 0.3) is 0 Å². The van der Waals surface area contributed by atoms with Crippen molar-refractivity contribution >= 4 is 35.9 Å². The molecule has 1 aliphatic rings. The van der Waals surface area contributed by atoms with Gasteiger partial charge in [-0.05, 0) is 89.8 Å². The molecule has 0 bridgehead atoms. The van der Waals surface area contributed by atoms with Crippen LogP contribution in [0, 0.1) is 5.92 Å². The van der Waals surface area contributed by atoms with Crippen LogP contribution in [0.4, 0.5) is 9.59 Å². The lowest BCUT2D eigenvalue weighted by atomic mass is 9.93. The van der Waals surface area contributed by atoms with E-state index in [1.165, 1.54) is 0 Å². The summed E-state index contributed by atoms with van der Waals surface area (Å²) in [6.45, 7) is 14.4. The Hall–Kier alpha value is -5.14. The van der Waals surface area contributed by atoms with Crippen molar-refractivity contribution in [3.8, 4) is 0 Å². The van der Waals surface area contributed by atoms with E-state index in [2.05, 4.69) is 26.6 Å². The van der Waals surface area contributed by atoms with Gasteiger partial charge in [-0.25, -0.2) is 14.4 Å². The largest absolute Gasteiger partial charge is 0.480 e. The predicted octanol–water partition coefficient (Wildman–Crippen LogP) is 4.57. The smallest absolute Gasteiger partial charge is 0.408 e. The number of aliphatic carboxylic acids is 1. The predicted molar refractivity (Wildman–Crippen MR) is 207 cm³/mol. The number of hydrogen-bond donors (Lipinski definition) is 6. The molecule has 3 atom stereocenters. The van der Waals surface area contributed by atoms with Crippen molar-refractivity contribution in [2.45, 2.75) is 135 Å². The van der Waals surface area contributed by atoms with Gasteiger partial charge < -0.3 is 41.2 Å². The summed E-state index contributed by atoms with van der Waals surface area (Å²) < 4.78 is 10.7. The second kappa shape index (κ2) is 19.4. The van der Waals surface area contributed by atoms with E-state index in [1.54, 1.807) is 53.7 Å². The van der Waals surface area contributed by atoms with Crippen molar-refractivity contribution in [3.05, 3.63) is 71.3 Å². The van der Waals surface area contributed by atoms with Crippen LogP contribution in [-0.4, -0.2) is 82.4 Å². The maximum absolute atomic E-state index is 14.4. The monoisotopic (exact) mass is 765 g/mol. The number of carbonyl (C=O) groups excluding carboxylic acids is 5. The standard InChI is InChI=1S/C41H59N5O9/c1-26(2)22-31(33(47)43-30(35(49)50)20-14-15-21-42-37(52)54-39(3,4)5)44-34(48)32(23-27-16-10-9-11-17-27)45-36(51)41(46-38(53)55-40(6,7)8)24-28-18-12-13-19-29(28)25-41/h9-13,16-19,26,30-32H,14-15,20-25H2,1-8H3,(H,42,52)(H,43,47)(H,44,48)(H,45,51)(H,46,53)(H,49,50)/t30-,31-,32-/m1/s1. The Morgan fingerprint density at radius 3 is 1.78 bits per heavy atom. The number of nitrogens with one attached hydrogen (secondary N) is 5. The van der Waals surface area contributed by atoms with Crippen molar-refractivity contribution in [2.75, 3.05) is 6.54 Å². The highest BCUT2D eigenvalue weighted by molar-refractivity contribution is 5.97. The molecule has 0 fully saturated rings. The van der Waals surface area contributed by atoms with Crippen LogP contribution in [0.3, 0.4) is 0 Å². The lowest BCUT2D eigenvalue weighted by Gasteiger charge is -2.32. The molecule has 0 aliphatic heterocycles. The summed E-state index contributed by atoms with van der Waals surface area (Å²) in [4.78, 5) is 79.4. The molecule has 0 radical (unpaired) electrons. The van der Waals surface area contributed by atoms with Crippen molar-refractivity contribution < 1.29 is 43.3 Å². The molecule has 2 aromatic carbocycles. The molecule has 14 nitrogen and oxygen atoms in total. The van der Waals surface area contributed by atoms with E-state index in [0.29, 0.717) is 12.8 Å². The average molecular weight is 766 g/mol. The van der Waals surface area contributed by atoms with Gasteiger partial charge in [0, 0.05) is 25.8 Å². The number of amides is 5. The third kappa shape index (κ3) is 14.9. The van der Waals surface area contributed by atoms with Crippen LogP contribution in [0.2, 0.25) is 0 Å². The van der Waals surface area contributed by atoms with Gasteiger partial charge in [-0.2, -0.15) is 0 Å². The Labute approximate surface area is 324 Å². The van der Waals surface area contributed by atoms with Gasteiger partial charge in [-0.3, -0.25) is 14.4 Å². The minimum atomic E-state index is -1.47. The van der Waals surface area contributed by atoms with E-state index >= 15 is 0 Å². The first-order valence-corrected chi connectivity index (χ1v) is 18.9. The van der Waals surface area contributed by atoms with E-state index in [9.17, 15) is 33.9 Å². The first-order chi connectivity index (χ1) is 25.7. The summed E-state index contributed by atoms with van der Waals surface area (Å²) in [5, 5.41) is 23.6. The highest BCUT2D eigenvalue weighted by Gasteiger charge is 2.47. The number of carboxylic acid groups (broad SMARTS) is 1. The zero-order valence-electron chi connectivity index (χ0n) is 33.4. The van der Waals surface area contributed by atoms with Crippen molar-refractivity contribution in [1.82, 2.24) is 26.6 Å². The Bertz CT molecular complexity index is 1620. The molecular weight excluding hydrogens is 706 g/mol. The molecule has 3 rings (SSSR count). The summed E-state index contributed by atoms with van der Waals surface area (Å²) in [6.07, 6.45) is 0.145. The van der Waals surface area contributed by atoms with Crippen molar-refractivity contribution in [3.63, 3.8) is 0 Å². The molecule has 5 amide bonds. The lowest BCUT2D eigenvalue weighted by Crippen LogP contribution is -2.64. The Morgan fingerprint density at radius 2 is 1.24 bits per heavy atom. The van der Waals surface area contributed by atoms with E-state index in [0.717, 1.165) is 16.7 Å². The van der Waals surface area contributed by atoms with Gasteiger partial charge in [0.05, 0.1) is 0 Å². The summed E-state index contributed by atoms with van der Waals surface area (Å²) >= 11 is 0. The number of fused-ring (bicyclic) bond motifs is 1. The van der Waals surface area contributed by atoms with E-state index in [1.807, 2.05) is 56.3 Å². The highest BCUT2D eigenvalue weighted by atomic mass is 16.6. The quantitative estimate of drug-likeness (QED) is 0.125. The molecule has 0 spiro atoms. The molecule has 0 saturated heterocycles. The molecule has 0 aromatic heterocycles. The van der Waals surface area contributed by atoms with Crippen LogP contribution in [-0.2, 0) is 47.9 Å². The maximum atomic E-state index is 14.4. The minimum absolute atomic E-state index is 0.0684. The van der Waals surface area contributed by atoms with E-state index in [4.69, 9.17) is 9.47 Å². The van der Waals surface area contributed by atoms with Gasteiger partial charge in [-0.15, -0.1) is 0 Å². The number of hydrogen-bond acceptors (Lipinski definition) is 8. The molecule has 6 N–H and O–H groups in total. The molecule has 55 heavy (non-hydrogen) atoms. The summed E-state index contributed by atoms with van der Waals surface area (Å²) in [5.41, 5.74) is -0.455. The summed E-state index contributed by atoms with van der Waals surface area (Å²) in [7, 11) is 0. The Kier molecular flexibility index (Phi) is 15.6. The molecular formula is C41H59N5O9. The number of carbonyl (C=O) groups is 6. The van der Waals surface area contributed by atoms with Crippen LogP contribution >= 0.6 is 0 Å². The average Bonchev–Trinajstić information content (AvgIpc) is 3.44. The number of carboxylic acids is 1. The Balaban J connectivity index is 1.79. The first kappa shape index (κ1) is 44.3. The van der Waals surface area contributed by atoms with E-state index < -0.39 is 70.7 Å². The van der Waals surface area contributed by atoms with Gasteiger partial charge in [0.25, 0.3) is 0 Å². The first-order valence-electron chi connectivity index (χ1n) is 18.9. The second-order valence-electron chi connectivity index (χ2n) is 16.6. The van der Waals surface area contributed by atoms with Gasteiger partial charge in [0.15, 0.2) is 0 Å². The number of ether oxygens (including phenoxy) is 2. The van der Waals surface area contributed by atoms with Crippen LogP contribution in [0.5, 0.6) is 0 Å². The topological polar surface area (TPSA) is 201 Å². The number of unbranched alkanes of at least 4 members (excludes halogenated alkanes) is 1. The van der Waals surface area contributed by atoms with Gasteiger partial charge in [0.2, 0.25) is 17.7 Å². The lowest BCUT2D eigenvalue weighted by molar-refractivity contribution is -0.142. The number of benzene rings is 2. The van der Waals surface area contributed by atoms with Gasteiger partial charge in [0.1, 0.15) is 34.9 Å². The second-order valence-corrected chi connectivity index (χ2v) is 16.6. The molecule has 0 unspecified atom stereocenters. The third-order valence-corrected chi connectivity index (χ3v) is 8.72. The molecule has 14 heteroatoms. The van der Waals surface area contributed by atoms with Crippen LogP contribution < -0.4 is 26.6 Å². The maximum Gasteiger partial charge on any atom is 0.408 e. The van der Waals surface area contributed by atoms with Crippen molar-refractivity contribution in [1.29, 1.82) is 0 Å². The normalized spacial score (nSPS) is 15.1. The highest BCUT2D eigenvalue weighted by Crippen LogP contribution is 2.31. The molecule has 1 aliphatic carbocycles. The third-order valence-electron chi connectivity index (χ3n) is 8.72. The SMILES string of the molecule is CC(C)C[C@@H](NC(=O)[C@@H](Cc1ccccc1)NC(=O)C1(NC(=O)OC(C)(C)C)Cc2ccccc2C1)C(=O)N[C@H](CCCCNC(=O)OC(C)(C)C)C(=O)O. The minimum Gasteiger partial charge on any atom is -0.480 e. The Morgan fingerprint density at radius 1 is 0.709 bits per heavy atom. The van der Waals surface area contributed by atoms with Gasteiger partial charge >= 0.3 is 18.2 Å². The fraction of sp³-hybridized carbons (Fsp3) is 0.561. The zero-order chi connectivity index (χ0) is 41.0. The van der Waals surface area contributed by atoms with Gasteiger partial charge in [-0.1, -0.05) is 68.4 Å². The summed E-state index contributed by atoms with van der Waals surface area (Å²) in [6, 6.07) is 13.0. The van der Waals surface area contributed by atoms with Crippen LogP contribution in [0.1, 0.15) is 97.8 Å². The zero-order valence-corrected chi connectivity index (χ0v) is 33.4. The summed E-state index contributed by atoms with van der Waals surface area (Å²) in [5.74, 6) is -3.24. The molecule has 302 valence electrons. The number of rotatable bonds is 17. The molecule has 0 saturated carbocycles. The fourth-order valence-electron chi connectivity index (χ4n) is 6.26. The molecule has 0 heterocycles. The van der Waals surface area contributed by atoms with Crippen LogP contribution in [0.15, 0.2) is 54.6 Å². The molecule has 2 aromatic rings. The van der Waals surface area contributed by atoms with E-state index in [-0.39, 0.29) is 44.6 Å².